The Labute approximate surface area is 107 Å². The smallest absolute Gasteiger partial charge is 0.307 e. The molecular formula is C14H19NO3. The number of hydrogen-bond donors (Lipinski definition) is 1. The monoisotopic (exact) mass is 249 g/mol. The fraction of sp³-hybridized carbons (Fsp3) is 0.500. The molecule has 0 spiro atoms. The number of para-hydroxylation sites is 1. The van der Waals surface area contributed by atoms with Crippen LogP contribution in [0.25, 0.3) is 0 Å². The van der Waals surface area contributed by atoms with Crippen molar-refractivity contribution in [3.8, 4) is 5.75 Å². The minimum Gasteiger partial charge on any atom is -0.488 e. The Hall–Kier alpha value is -1.55. The molecule has 4 nitrogen and oxygen atoms in total. The Bertz CT molecular complexity index is 381. The van der Waals surface area contributed by atoms with Gasteiger partial charge in [0.2, 0.25) is 0 Å². The lowest BCUT2D eigenvalue weighted by atomic mass is 10.1. The number of ether oxygens (including phenoxy) is 2. The van der Waals surface area contributed by atoms with Crippen LogP contribution in [0.5, 0.6) is 5.75 Å². The molecule has 0 fully saturated rings. The normalized spacial score (nSPS) is 17.1. The summed E-state index contributed by atoms with van der Waals surface area (Å²) in [5.41, 5.74) is 1.26. The highest BCUT2D eigenvalue weighted by Gasteiger charge is 2.21. The van der Waals surface area contributed by atoms with Crippen LogP contribution in [-0.2, 0) is 16.0 Å². The Morgan fingerprint density at radius 3 is 3.11 bits per heavy atom. The Balaban J connectivity index is 1.64. The molecule has 1 aliphatic rings. The second-order valence-corrected chi connectivity index (χ2v) is 4.31. The van der Waals surface area contributed by atoms with Gasteiger partial charge in [-0.1, -0.05) is 18.2 Å². The van der Waals surface area contributed by atoms with E-state index in [0.717, 1.165) is 18.7 Å². The van der Waals surface area contributed by atoms with E-state index in [1.54, 1.807) is 0 Å². The third-order valence-corrected chi connectivity index (χ3v) is 2.90. The van der Waals surface area contributed by atoms with E-state index in [1.165, 1.54) is 5.56 Å². The lowest BCUT2D eigenvalue weighted by Gasteiger charge is -2.11. The third kappa shape index (κ3) is 3.47. The van der Waals surface area contributed by atoms with Crippen LogP contribution in [0, 0.1) is 0 Å². The zero-order valence-corrected chi connectivity index (χ0v) is 10.6. The summed E-state index contributed by atoms with van der Waals surface area (Å²) in [6.07, 6.45) is 1.51. The second-order valence-electron chi connectivity index (χ2n) is 4.31. The summed E-state index contributed by atoms with van der Waals surface area (Å²) in [5.74, 6) is 0.829. The average Bonchev–Trinajstić information content (AvgIpc) is 2.77. The van der Waals surface area contributed by atoms with E-state index >= 15 is 0 Å². The molecule has 1 aromatic rings. The number of nitrogens with one attached hydrogen (secondary N) is 1. The first kappa shape index (κ1) is 12.9. The van der Waals surface area contributed by atoms with Crippen molar-refractivity contribution in [2.24, 2.45) is 0 Å². The van der Waals surface area contributed by atoms with E-state index in [9.17, 15) is 4.79 Å². The summed E-state index contributed by atoms with van der Waals surface area (Å²) in [5, 5.41) is 3.23. The maximum atomic E-state index is 11.1. The molecule has 0 aromatic heterocycles. The highest BCUT2D eigenvalue weighted by molar-refractivity contribution is 5.69. The van der Waals surface area contributed by atoms with Crippen molar-refractivity contribution < 1.29 is 14.3 Å². The van der Waals surface area contributed by atoms with Crippen molar-refractivity contribution >= 4 is 5.97 Å². The maximum absolute atomic E-state index is 11.1. The summed E-state index contributed by atoms with van der Waals surface area (Å²) < 4.78 is 10.6. The number of carbonyl (C=O) groups excluding carboxylic acids is 1. The van der Waals surface area contributed by atoms with Crippen molar-refractivity contribution in [3.05, 3.63) is 29.8 Å². The average molecular weight is 249 g/mol. The van der Waals surface area contributed by atoms with Crippen LogP contribution in [-0.4, -0.2) is 31.8 Å². The van der Waals surface area contributed by atoms with Gasteiger partial charge < -0.3 is 14.8 Å². The van der Waals surface area contributed by atoms with Crippen molar-refractivity contribution in [2.75, 3.05) is 19.7 Å². The highest BCUT2D eigenvalue weighted by atomic mass is 16.5. The summed E-state index contributed by atoms with van der Waals surface area (Å²) >= 11 is 0. The largest absolute Gasteiger partial charge is 0.488 e. The number of benzene rings is 1. The first-order valence-electron chi connectivity index (χ1n) is 6.40. The van der Waals surface area contributed by atoms with Crippen LogP contribution >= 0.6 is 0 Å². The van der Waals surface area contributed by atoms with Gasteiger partial charge in [0.25, 0.3) is 0 Å². The van der Waals surface area contributed by atoms with Crippen LogP contribution in [0.15, 0.2) is 24.3 Å². The molecule has 1 N–H and O–H groups in total. The molecule has 0 aliphatic carbocycles. The van der Waals surface area contributed by atoms with E-state index in [4.69, 9.17) is 9.47 Å². The van der Waals surface area contributed by atoms with Gasteiger partial charge >= 0.3 is 5.97 Å². The summed E-state index contributed by atoms with van der Waals surface area (Å²) in [7, 11) is 0. The molecule has 4 heteroatoms. The summed E-state index contributed by atoms with van der Waals surface area (Å²) in [6, 6.07) is 8.09. The van der Waals surface area contributed by atoms with Gasteiger partial charge in [0, 0.05) is 19.5 Å². The predicted octanol–water partition coefficient (Wildman–Crippen LogP) is 1.53. The lowest BCUT2D eigenvalue weighted by Crippen LogP contribution is -2.31. The topological polar surface area (TPSA) is 47.6 Å². The number of hydrogen-bond acceptors (Lipinski definition) is 4. The molecule has 2 rings (SSSR count). The van der Waals surface area contributed by atoms with Gasteiger partial charge in [-0.25, -0.2) is 0 Å². The highest BCUT2D eigenvalue weighted by Crippen LogP contribution is 2.27. The molecule has 0 amide bonds. The van der Waals surface area contributed by atoms with E-state index in [0.29, 0.717) is 19.6 Å². The van der Waals surface area contributed by atoms with Crippen LogP contribution in [0.4, 0.5) is 0 Å². The molecule has 0 saturated carbocycles. The standard InChI is InChI=1S/C14H19NO3/c1-2-17-14(16)7-8-15-10-12-9-11-5-3-4-6-13(11)18-12/h3-6,12,15H,2,7-10H2,1H3. The summed E-state index contributed by atoms with van der Waals surface area (Å²) in [6.45, 7) is 3.65. The minimum atomic E-state index is -0.152. The molecule has 98 valence electrons. The Morgan fingerprint density at radius 1 is 1.50 bits per heavy atom. The van der Waals surface area contributed by atoms with E-state index in [-0.39, 0.29) is 12.1 Å². The second kappa shape index (κ2) is 6.40. The van der Waals surface area contributed by atoms with Crippen molar-refractivity contribution in [2.45, 2.75) is 25.9 Å². The van der Waals surface area contributed by atoms with Crippen LogP contribution in [0.3, 0.4) is 0 Å². The van der Waals surface area contributed by atoms with Gasteiger partial charge in [-0.15, -0.1) is 0 Å². The van der Waals surface area contributed by atoms with Gasteiger partial charge in [0.05, 0.1) is 13.0 Å². The van der Waals surface area contributed by atoms with Gasteiger partial charge in [-0.05, 0) is 18.6 Å². The number of rotatable bonds is 6. The van der Waals surface area contributed by atoms with E-state index in [2.05, 4.69) is 11.4 Å². The van der Waals surface area contributed by atoms with Gasteiger partial charge in [-0.3, -0.25) is 4.79 Å². The van der Waals surface area contributed by atoms with Crippen LogP contribution < -0.4 is 10.1 Å². The predicted molar refractivity (Wildman–Crippen MR) is 68.7 cm³/mol. The maximum Gasteiger partial charge on any atom is 0.307 e. The fourth-order valence-electron chi connectivity index (χ4n) is 2.05. The molecular weight excluding hydrogens is 230 g/mol. The first-order chi connectivity index (χ1) is 8.79. The zero-order chi connectivity index (χ0) is 12.8. The SMILES string of the molecule is CCOC(=O)CCNCC1Cc2ccccc2O1. The van der Waals surface area contributed by atoms with Gasteiger partial charge in [-0.2, -0.15) is 0 Å². The zero-order valence-electron chi connectivity index (χ0n) is 10.6. The third-order valence-electron chi connectivity index (χ3n) is 2.90. The van der Waals surface area contributed by atoms with Crippen molar-refractivity contribution in [1.29, 1.82) is 0 Å². The van der Waals surface area contributed by atoms with Crippen LogP contribution in [0.1, 0.15) is 18.9 Å². The fourth-order valence-corrected chi connectivity index (χ4v) is 2.05. The number of esters is 1. The molecule has 1 heterocycles. The van der Waals surface area contributed by atoms with Crippen molar-refractivity contribution in [3.63, 3.8) is 0 Å². The Morgan fingerprint density at radius 2 is 2.33 bits per heavy atom. The van der Waals surface area contributed by atoms with E-state index in [1.807, 2.05) is 25.1 Å². The molecule has 0 saturated heterocycles. The minimum absolute atomic E-state index is 0.152. The molecule has 1 aliphatic heterocycles. The quantitative estimate of drug-likeness (QED) is 0.613. The van der Waals surface area contributed by atoms with Crippen LogP contribution in [0.2, 0.25) is 0 Å². The van der Waals surface area contributed by atoms with Gasteiger partial charge in [0.1, 0.15) is 11.9 Å². The molecule has 1 unspecified atom stereocenters. The molecule has 0 bridgehead atoms. The molecule has 1 aromatic carbocycles. The van der Waals surface area contributed by atoms with Crippen molar-refractivity contribution in [1.82, 2.24) is 5.32 Å². The number of carbonyl (C=O) groups is 1. The molecule has 18 heavy (non-hydrogen) atoms. The molecule has 1 atom stereocenters. The summed E-state index contributed by atoms with van der Waals surface area (Å²) in [4.78, 5) is 11.1. The Kier molecular flexibility index (Phi) is 4.59. The van der Waals surface area contributed by atoms with E-state index < -0.39 is 0 Å². The number of fused-ring (bicyclic) bond motifs is 1. The first-order valence-corrected chi connectivity index (χ1v) is 6.40. The lowest BCUT2D eigenvalue weighted by molar-refractivity contribution is -0.142. The van der Waals surface area contributed by atoms with Gasteiger partial charge in [0.15, 0.2) is 0 Å². The molecule has 0 radical (unpaired) electrons.